The molecule has 132 valence electrons. The number of likely N-dealkylation sites (tertiary alicyclic amines) is 2. The van der Waals surface area contributed by atoms with Gasteiger partial charge in [0.25, 0.3) is 0 Å². The van der Waals surface area contributed by atoms with E-state index in [1.54, 1.807) is 0 Å². The first-order valence-electron chi connectivity index (χ1n) is 9.58. The Balaban J connectivity index is 1.31. The number of rotatable bonds is 6. The molecule has 3 rings (SSSR count). The van der Waals surface area contributed by atoms with Crippen molar-refractivity contribution in [1.29, 1.82) is 0 Å². The van der Waals surface area contributed by atoms with Crippen LogP contribution in [0.4, 0.5) is 0 Å². The molecule has 1 amide bonds. The number of carbonyl (C=O) groups is 1. The van der Waals surface area contributed by atoms with Crippen LogP contribution in [0.3, 0.4) is 0 Å². The van der Waals surface area contributed by atoms with E-state index in [1.165, 1.54) is 50.8 Å². The second kappa shape index (κ2) is 9.19. The van der Waals surface area contributed by atoms with Gasteiger partial charge in [0.1, 0.15) is 0 Å². The standard InChI is InChI=1S/C20H31N3O/c24-20(21-12-9-18-7-3-1-4-8-18)17-22-15-10-19(11-16-22)23-13-5-2-6-14-23/h1,3-4,7-8,19H,2,5-6,9-17H2,(H,21,24). The first kappa shape index (κ1) is 17.4. The third kappa shape index (κ3) is 5.32. The van der Waals surface area contributed by atoms with Crippen molar-refractivity contribution in [2.45, 2.75) is 44.6 Å². The predicted molar refractivity (Wildman–Crippen MR) is 98.0 cm³/mol. The Morgan fingerprint density at radius 1 is 1.00 bits per heavy atom. The summed E-state index contributed by atoms with van der Waals surface area (Å²) in [6.07, 6.45) is 7.48. The van der Waals surface area contributed by atoms with Crippen LogP contribution < -0.4 is 5.32 Å². The zero-order valence-corrected chi connectivity index (χ0v) is 14.8. The quantitative estimate of drug-likeness (QED) is 0.870. The maximum atomic E-state index is 12.1. The van der Waals surface area contributed by atoms with Gasteiger partial charge in [-0.1, -0.05) is 36.8 Å². The Kier molecular flexibility index (Phi) is 6.67. The molecule has 0 atom stereocenters. The van der Waals surface area contributed by atoms with Crippen LogP contribution in [0, 0.1) is 0 Å². The van der Waals surface area contributed by atoms with E-state index in [2.05, 4.69) is 27.2 Å². The summed E-state index contributed by atoms with van der Waals surface area (Å²) in [5.74, 6) is 0.169. The third-order valence-electron chi connectivity index (χ3n) is 5.41. The van der Waals surface area contributed by atoms with E-state index in [0.29, 0.717) is 6.54 Å². The minimum atomic E-state index is 0.169. The average molecular weight is 329 g/mol. The lowest BCUT2D eigenvalue weighted by Crippen LogP contribution is -2.48. The Labute approximate surface area is 146 Å². The molecule has 0 bridgehead atoms. The molecule has 24 heavy (non-hydrogen) atoms. The third-order valence-corrected chi connectivity index (χ3v) is 5.41. The largest absolute Gasteiger partial charge is 0.355 e. The molecule has 0 aliphatic carbocycles. The van der Waals surface area contributed by atoms with Crippen LogP contribution >= 0.6 is 0 Å². The maximum absolute atomic E-state index is 12.1. The number of nitrogens with zero attached hydrogens (tertiary/aromatic N) is 2. The van der Waals surface area contributed by atoms with E-state index < -0.39 is 0 Å². The lowest BCUT2D eigenvalue weighted by atomic mass is 10.00. The van der Waals surface area contributed by atoms with E-state index in [1.807, 2.05) is 18.2 Å². The Morgan fingerprint density at radius 3 is 2.42 bits per heavy atom. The van der Waals surface area contributed by atoms with Crippen molar-refractivity contribution >= 4 is 5.91 Å². The number of hydrogen-bond acceptors (Lipinski definition) is 3. The van der Waals surface area contributed by atoms with Gasteiger partial charge in [-0.15, -0.1) is 0 Å². The molecule has 2 saturated heterocycles. The molecule has 0 radical (unpaired) electrons. The summed E-state index contributed by atoms with van der Waals surface area (Å²) in [6.45, 7) is 5.98. The number of piperidine rings is 2. The molecule has 0 spiro atoms. The second-order valence-electron chi connectivity index (χ2n) is 7.19. The molecule has 0 unspecified atom stereocenters. The molecule has 0 aromatic heterocycles. The minimum absolute atomic E-state index is 0.169. The molecule has 2 heterocycles. The smallest absolute Gasteiger partial charge is 0.234 e. The molecule has 0 saturated carbocycles. The molecular formula is C20H31N3O. The number of benzene rings is 1. The van der Waals surface area contributed by atoms with E-state index in [4.69, 9.17) is 0 Å². The van der Waals surface area contributed by atoms with Crippen LogP contribution in [-0.4, -0.2) is 61.0 Å². The number of carbonyl (C=O) groups excluding carboxylic acids is 1. The van der Waals surface area contributed by atoms with Gasteiger partial charge >= 0.3 is 0 Å². The summed E-state index contributed by atoms with van der Waals surface area (Å²) < 4.78 is 0. The van der Waals surface area contributed by atoms with Crippen molar-refractivity contribution in [2.24, 2.45) is 0 Å². The van der Waals surface area contributed by atoms with E-state index in [0.717, 1.165) is 32.1 Å². The van der Waals surface area contributed by atoms with Gasteiger partial charge in [0, 0.05) is 25.7 Å². The molecule has 2 fully saturated rings. The number of hydrogen-bond donors (Lipinski definition) is 1. The van der Waals surface area contributed by atoms with Gasteiger partial charge in [0.2, 0.25) is 5.91 Å². The highest BCUT2D eigenvalue weighted by Gasteiger charge is 2.26. The number of amides is 1. The Hall–Kier alpha value is -1.39. The van der Waals surface area contributed by atoms with Gasteiger partial charge in [0.15, 0.2) is 0 Å². The Morgan fingerprint density at radius 2 is 1.71 bits per heavy atom. The van der Waals surface area contributed by atoms with Crippen LogP contribution in [0.2, 0.25) is 0 Å². The van der Waals surface area contributed by atoms with Crippen molar-refractivity contribution in [3.63, 3.8) is 0 Å². The summed E-state index contributed by atoms with van der Waals surface area (Å²) in [4.78, 5) is 17.1. The monoisotopic (exact) mass is 329 g/mol. The molecular weight excluding hydrogens is 298 g/mol. The summed E-state index contributed by atoms with van der Waals surface area (Å²) in [5.41, 5.74) is 1.28. The second-order valence-corrected chi connectivity index (χ2v) is 7.19. The Bertz CT molecular complexity index is 491. The normalized spacial score (nSPS) is 20.8. The van der Waals surface area contributed by atoms with Crippen LogP contribution in [0.1, 0.15) is 37.7 Å². The fourth-order valence-corrected chi connectivity index (χ4v) is 3.98. The van der Waals surface area contributed by atoms with Crippen LogP contribution in [0.5, 0.6) is 0 Å². The fraction of sp³-hybridized carbons (Fsp3) is 0.650. The van der Waals surface area contributed by atoms with Gasteiger partial charge < -0.3 is 10.2 Å². The van der Waals surface area contributed by atoms with Crippen LogP contribution in [-0.2, 0) is 11.2 Å². The summed E-state index contributed by atoms with van der Waals surface area (Å²) >= 11 is 0. The summed E-state index contributed by atoms with van der Waals surface area (Å²) in [7, 11) is 0. The van der Waals surface area contributed by atoms with E-state index >= 15 is 0 Å². The van der Waals surface area contributed by atoms with Gasteiger partial charge in [0.05, 0.1) is 6.54 Å². The van der Waals surface area contributed by atoms with Crippen molar-refractivity contribution in [2.75, 3.05) is 39.3 Å². The van der Waals surface area contributed by atoms with Gasteiger partial charge in [-0.2, -0.15) is 0 Å². The highest BCUT2D eigenvalue weighted by atomic mass is 16.2. The summed E-state index contributed by atoms with van der Waals surface area (Å²) in [5, 5.41) is 3.06. The van der Waals surface area contributed by atoms with Gasteiger partial charge in [-0.05, 0) is 50.8 Å². The summed E-state index contributed by atoms with van der Waals surface area (Å²) in [6, 6.07) is 11.1. The van der Waals surface area contributed by atoms with Crippen LogP contribution in [0.15, 0.2) is 30.3 Å². The average Bonchev–Trinajstić information content (AvgIpc) is 2.64. The first-order valence-corrected chi connectivity index (χ1v) is 9.58. The van der Waals surface area contributed by atoms with Crippen molar-refractivity contribution in [1.82, 2.24) is 15.1 Å². The molecule has 4 nitrogen and oxygen atoms in total. The lowest BCUT2D eigenvalue weighted by Gasteiger charge is -2.40. The van der Waals surface area contributed by atoms with E-state index in [-0.39, 0.29) is 5.91 Å². The minimum Gasteiger partial charge on any atom is -0.355 e. The van der Waals surface area contributed by atoms with Crippen molar-refractivity contribution < 1.29 is 4.79 Å². The molecule has 1 aromatic rings. The van der Waals surface area contributed by atoms with Crippen molar-refractivity contribution in [3.05, 3.63) is 35.9 Å². The lowest BCUT2D eigenvalue weighted by molar-refractivity contribution is -0.122. The fourth-order valence-electron chi connectivity index (χ4n) is 3.98. The molecule has 1 N–H and O–H groups in total. The predicted octanol–water partition coefficient (Wildman–Crippen LogP) is 2.30. The van der Waals surface area contributed by atoms with Crippen molar-refractivity contribution in [3.8, 4) is 0 Å². The maximum Gasteiger partial charge on any atom is 0.234 e. The molecule has 1 aromatic carbocycles. The molecule has 2 aliphatic heterocycles. The number of nitrogens with one attached hydrogen (secondary N) is 1. The highest BCUT2D eigenvalue weighted by molar-refractivity contribution is 5.78. The highest BCUT2D eigenvalue weighted by Crippen LogP contribution is 2.20. The topological polar surface area (TPSA) is 35.6 Å². The zero-order chi connectivity index (χ0) is 16.6. The van der Waals surface area contributed by atoms with E-state index in [9.17, 15) is 4.79 Å². The SMILES string of the molecule is O=C(CN1CCC(N2CCCCC2)CC1)NCCc1ccccc1. The first-order chi connectivity index (χ1) is 11.8. The van der Waals surface area contributed by atoms with Gasteiger partial charge in [-0.25, -0.2) is 0 Å². The van der Waals surface area contributed by atoms with Gasteiger partial charge in [-0.3, -0.25) is 9.69 Å². The molecule has 4 heteroatoms. The van der Waals surface area contributed by atoms with Crippen LogP contribution in [0.25, 0.3) is 0 Å². The molecule has 2 aliphatic rings. The zero-order valence-electron chi connectivity index (χ0n) is 14.8.